The van der Waals surface area contributed by atoms with E-state index < -0.39 is 5.82 Å². The third kappa shape index (κ3) is 2.81. The van der Waals surface area contributed by atoms with Crippen molar-refractivity contribution in [2.45, 2.75) is 6.42 Å². The van der Waals surface area contributed by atoms with Gasteiger partial charge >= 0.3 is 0 Å². The molecular formula is C11H8ClFN2OS. The van der Waals surface area contributed by atoms with E-state index in [1.54, 1.807) is 6.07 Å². The van der Waals surface area contributed by atoms with Crippen LogP contribution in [0.1, 0.15) is 11.3 Å². The highest BCUT2D eigenvalue weighted by atomic mass is 35.5. The van der Waals surface area contributed by atoms with Crippen molar-refractivity contribution < 1.29 is 4.39 Å². The molecule has 2 rings (SSSR count). The minimum atomic E-state index is -0.405. The first-order chi connectivity index (χ1) is 8.06. The first kappa shape index (κ1) is 12.0. The first-order valence-corrected chi connectivity index (χ1v) is 5.60. The Hall–Kier alpha value is -1.46. The number of aromatic nitrogens is 2. The van der Waals surface area contributed by atoms with Crippen LogP contribution in [0.25, 0.3) is 0 Å². The van der Waals surface area contributed by atoms with Crippen molar-refractivity contribution in [3.05, 3.63) is 61.5 Å². The van der Waals surface area contributed by atoms with E-state index in [0.29, 0.717) is 16.3 Å². The lowest BCUT2D eigenvalue weighted by atomic mass is 10.1. The summed E-state index contributed by atoms with van der Waals surface area (Å²) in [7, 11) is 0. The van der Waals surface area contributed by atoms with Gasteiger partial charge in [-0.1, -0.05) is 17.7 Å². The molecule has 3 nitrogen and oxygen atoms in total. The summed E-state index contributed by atoms with van der Waals surface area (Å²) < 4.78 is 13.7. The van der Waals surface area contributed by atoms with Gasteiger partial charge in [-0.3, -0.25) is 9.78 Å². The van der Waals surface area contributed by atoms with Crippen molar-refractivity contribution in [2.75, 3.05) is 0 Å². The normalized spacial score (nSPS) is 10.5. The topological polar surface area (TPSA) is 48.6 Å². The van der Waals surface area contributed by atoms with Crippen LogP contribution in [-0.4, -0.2) is 9.97 Å². The van der Waals surface area contributed by atoms with Gasteiger partial charge in [0.05, 0.1) is 0 Å². The summed E-state index contributed by atoms with van der Waals surface area (Å²) in [5.74, 6) is -0.405. The molecule has 2 aromatic rings. The van der Waals surface area contributed by atoms with E-state index in [-0.39, 0.29) is 16.8 Å². The van der Waals surface area contributed by atoms with Gasteiger partial charge < -0.3 is 4.98 Å². The molecule has 0 atom stereocenters. The number of hydrogen-bond donors (Lipinski definition) is 2. The number of hydrogen-bond acceptors (Lipinski definition) is 2. The second-order valence-electron chi connectivity index (χ2n) is 3.49. The molecule has 0 unspecified atom stereocenters. The number of rotatable bonds is 2. The van der Waals surface area contributed by atoms with Gasteiger partial charge in [-0.2, -0.15) is 0 Å². The zero-order chi connectivity index (χ0) is 12.4. The molecule has 6 heteroatoms. The maximum absolute atomic E-state index is 13.5. The van der Waals surface area contributed by atoms with Crippen molar-refractivity contribution in [3.8, 4) is 0 Å². The minimum Gasteiger partial charge on any atom is -0.336 e. The van der Waals surface area contributed by atoms with E-state index in [0.717, 1.165) is 0 Å². The largest absolute Gasteiger partial charge is 0.336 e. The SMILES string of the molecule is O=c1cc(Cc2c(F)cccc2Cl)[nH]c(=S)[nH]1. The van der Waals surface area contributed by atoms with Gasteiger partial charge in [0.15, 0.2) is 4.77 Å². The van der Waals surface area contributed by atoms with Gasteiger partial charge in [0, 0.05) is 28.8 Å². The maximum Gasteiger partial charge on any atom is 0.251 e. The Bertz CT molecular complexity index is 617. The summed E-state index contributed by atoms with van der Waals surface area (Å²) in [5.41, 5.74) is 0.535. The minimum absolute atomic E-state index is 0.194. The predicted octanol–water partition coefficient (Wildman–Crippen LogP) is 2.82. The quantitative estimate of drug-likeness (QED) is 0.825. The fourth-order valence-electron chi connectivity index (χ4n) is 1.51. The maximum atomic E-state index is 13.5. The molecule has 1 heterocycles. The molecule has 0 radical (unpaired) electrons. The molecule has 0 spiro atoms. The van der Waals surface area contributed by atoms with E-state index in [1.807, 2.05) is 0 Å². The Balaban J connectivity index is 2.45. The lowest BCUT2D eigenvalue weighted by Crippen LogP contribution is -2.09. The number of H-pyrrole nitrogens is 2. The zero-order valence-electron chi connectivity index (χ0n) is 8.59. The van der Waals surface area contributed by atoms with Crippen LogP contribution in [0.3, 0.4) is 0 Å². The first-order valence-electron chi connectivity index (χ1n) is 4.81. The van der Waals surface area contributed by atoms with Crippen molar-refractivity contribution in [1.82, 2.24) is 9.97 Å². The Morgan fingerprint density at radius 3 is 2.76 bits per heavy atom. The van der Waals surface area contributed by atoms with E-state index >= 15 is 0 Å². The number of benzene rings is 1. The third-order valence-electron chi connectivity index (χ3n) is 2.25. The molecule has 88 valence electrons. The second-order valence-corrected chi connectivity index (χ2v) is 4.31. The highest BCUT2D eigenvalue weighted by Crippen LogP contribution is 2.21. The molecule has 0 saturated carbocycles. The zero-order valence-corrected chi connectivity index (χ0v) is 10.2. The average molecular weight is 271 g/mol. The van der Waals surface area contributed by atoms with Crippen LogP contribution in [0.2, 0.25) is 5.02 Å². The van der Waals surface area contributed by atoms with Gasteiger partial charge in [-0.15, -0.1) is 0 Å². The predicted molar refractivity (Wildman–Crippen MR) is 66.5 cm³/mol. The number of nitrogens with one attached hydrogen (secondary N) is 2. The Morgan fingerprint density at radius 2 is 2.12 bits per heavy atom. The lowest BCUT2D eigenvalue weighted by Gasteiger charge is -2.05. The Morgan fingerprint density at radius 1 is 1.35 bits per heavy atom. The van der Waals surface area contributed by atoms with Crippen LogP contribution in [0, 0.1) is 10.6 Å². The molecule has 0 aliphatic heterocycles. The van der Waals surface area contributed by atoms with Crippen molar-refractivity contribution in [3.63, 3.8) is 0 Å². The summed E-state index contributed by atoms with van der Waals surface area (Å²) in [6.07, 6.45) is 0.194. The van der Waals surface area contributed by atoms with Crippen LogP contribution in [-0.2, 0) is 6.42 Å². The van der Waals surface area contributed by atoms with E-state index in [2.05, 4.69) is 9.97 Å². The van der Waals surface area contributed by atoms with Gasteiger partial charge in [0.1, 0.15) is 5.82 Å². The summed E-state index contributed by atoms with van der Waals surface area (Å²) in [4.78, 5) is 16.4. The van der Waals surface area contributed by atoms with Gasteiger partial charge in [0.2, 0.25) is 0 Å². The number of aromatic amines is 2. The monoisotopic (exact) mass is 270 g/mol. The van der Waals surface area contributed by atoms with Crippen molar-refractivity contribution in [1.29, 1.82) is 0 Å². The summed E-state index contributed by atoms with van der Waals surface area (Å²) in [6.45, 7) is 0. The Labute approximate surface area is 106 Å². The van der Waals surface area contributed by atoms with E-state index in [4.69, 9.17) is 23.8 Å². The van der Waals surface area contributed by atoms with E-state index in [1.165, 1.54) is 18.2 Å². The summed E-state index contributed by atoms with van der Waals surface area (Å²) in [6, 6.07) is 5.78. The molecule has 0 aliphatic rings. The highest BCUT2D eigenvalue weighted by molar-refractivity contribution is 7.71. The smallest absolute Gasteiger partial charge is 0.251 e. The third-order valence-corrected chi connectivity index (χ3v) is 2.80. The molecule has 17 heavy (non-hydrogen) atoms. The standard InChI is InChI=1S/C11H8ClFN2OS/c12-8-2-1-3-9(13)7(8)4-6-5-10(16)15-11(17)14-6/h1-3,5H,4H2,(H2,14,15,16,17). The number of halogens is 2. The molecule has 2 N–H and O–H groups in total. The fraction of sp³-hybridized carbons (Fsp3) is 0.0909. The summed E-state index contributed by atoms with van der Waals surface area (Å²) in [5, 5.41) is 0.324. The van der Waals surface area contributed by atoms with E-state index in [9.17, 15) is 9.18 Å². The van der Waals surface area contributed by atoms with Crippen LogP contribution >= 0.6 is 23.8 Å². The second kappa shape index (κ2) is 4.81. The van der Waals surface area contributed by atoms with Crippen molar-refractivity contribution >= 4 is 23.8 Å². The van der Waals surface area contributed by atoms with Crippen LogP contribution in [0.15, 0.2) is 29.1 Å². The highest BCUT2D eigenvalue weighted by Gasteiger charge is 2.08. The molecule has 0 aliphatic carbocycles. The van der Waals surface area contributed by atoms with Crippen LogP contribution < -0.4 is 5.56 Å². The molecule has 1 aromatic heterocycles. The van der Waals surface area contributed by atoms with Crippen LogP contribution in [0.4, 0.5) is 4.39 Å². The lowest BCUT2D eigenvalue weighted by molar-refractivity contribution is 0.613. The molecular weight excluding hydrogens is 263 g/mol. The van der Waals surface area contributed by atoms with Crippen molar-refractivity contribution in [2.24, 2.45) is 0 Å². The van der Waals surface area contributed by atoms with Gasteiger partial charge in [-0.05, 0) is 24.4 Å². The van der Waals surface area contributed by atoms with Gasteiger partial charge in [0.25, 0.3) is 5.56 Å². The van der Waals surface area contributed by atoms with Crippen LogP contribution in [0.5, 0.6) is 0 Å². The average Bonchev–Trinajstić information content (AvgIpc) is 2.22. The molecule has 1 aromatic carbocycles. The Kier molecular flexibility index (Phi) is 3.40. The molecule has 0 amide bonds. The molecule has 0 fully saturated rings. The summed E-state index contributed by atoms with van der Waals surface area (Å²) >= 11 is 10.7. The molecule has 0 saturated heterocycles. The molecule has 0 bridgehead atoms. The van der Waals surface area contributed by atoms with Gasteiger partial charge in [-0.25, -0.2) is 4.39 Å². The fourth-order valence-corrected chi connectivity index (χ4v) is 1.97.